The number of nitrogens with zero attached hydrogens (tertiary/aromatic N) is 4. The number of aromatic nitrogens is 2. The zero-order chi connectivity index (χ0) is 31.6. The van der Waals surface area contributed by atoms with Gasteiger partial charge in [-0.2, -0.15) is 0 Å². The Bertz CT molecular complexity index is 1370. The molecule has 11 nitrogen and oxygen atoms in total. The molecule has 0 atom stereocenters. The van der Waals surface area contributed by atoms with Gasteiger partial charge in [0.25, 0.3) is 5.56 Å². The number of carbonyl (C=O) groups is 1. The van der Waals surface area contributed by atoms with Crippen molar-refractivity contribution in [3.63, 3.8) is 0 Å². The van der Waals surface area contributed by atoms with Gasteiger partial charge in [0.2, 0.25) is 0 Å². The lowest BCUT2D eigenvalue weighted by Gasteiger charge is -2.51. The zero-order valence-corrected chi connectivity index (χ0v) is 26.9. The molecule has 248 valence electrons. The lowest BCUT2D eigenvalue weighted by Crippen LogP contribution is -2.64. The van der Waals surface area contributed by atoms with Gasteiger partial charge in [0.15, 0.2) is 0 Å². The minimum Gasteiger partial charge on any atom is -0.493 e. The van der Waals surface area contributed by atoms with Gasteiger partial charge in [-0.3, -0.25) is 14.6 Å². The maximum Gasteiger partial charge on any atom is 0.410 e. The van der Waals surface area contributed by atoms with E-state index in [1.165, 1.54) is 6.07 Å². The minimum absolute atomic E-state index is 0.0615. The average molecular weight is 630 g/mol. The van der Waals surface area contributed by atoms with Crippen molar-refractivity contribution in [1.82, 2.24) is 24.7 Å². The van der Waals surface area contributed by atoms with E-state index >= 15 is 0 Å². The quantitative estimate of drug-likeness (QED) is 0.465. The normalized spacial score (nSPS) is 22.1. The van der Waals surface area contributed by atoms with Crippen molar-refractivity contribution in [2.75, 3.05) is 59.1 Å². The molecular weight excluding hydrogens is 581 g/mol. The number of hydrogen-bond donors (Lipinski definition) is 1. The molecule has 4 aliphatic heterocycles. The van der Waals surface area contributed by atoms with Crippen LogP contribution in [0.3, 0.4) is 0 Å². The first-order chi connectivity index (χ1) is 21.6. The number of amides is 1. The molecule has 1 aromatic heterocycles. The van der Waals surface area contributed by atoms with Gasteiger partial charge < -0.3 is 28.8 Å². The number of ether oxygens (including phenoxy) is 4. The lowest BCUT2D eigenvalue weighted by atomic mass is 9.92. The van der Waals surface area contributed by atoms with Crippen LogP contribution in [0.15, 0.2) is 16.9 Å². The van der Waals surface area contributed by atoms with E-state index in [9.17, 15) is 14.0 Å². The van der Waals surface area contributed by atoms with Crippen molar-refractivity contribution in [2.45, 2.75) is 89.7 Å². The van der Waals surface area contributed by atoms with E-state index in [1.807, 2.05) is 25.7 Å². The van der Waals surface area contributed by atoms with Gasteiger partial charge in [0.1, 0.15) is 35.0 Å². The number of likely N-dealkylation sites (tertiary alicyclic amines) is 3. The lowest BCUT2D eigenvalue weighted by molar-refractivity contribution is -0.0409. The van der Waals surface area contributed by atoms with E-state index in [2.05, 4.69) is 19.8 Å². The number of H-pyrrole nitrogens is 1. The SMILES string of the molecule is CC(C)(C)OC(=O)N1CCC(N2CC(N3CCC(COc4cc(F)c5c(=O)[nH]c(COC6CCOCC6)nc5c4)CC3)C2)CC1. The summed E-state index contributed by atoms with van der Waals surface area (Å²) in [5, 5.41) is -0.0615. The molecule has 0 radical (unpaired) electrons. The van der Waals surface area contributed by atoms with Crippen LogP contribution >= 0.6 is 0 Å². The molecule has 4 fully saturated rings. The number of piperidine rings is 2. The van der Waals surface area contributed by atoms with Crippen LogP contribution in [0.2, 0.25) is 0 Å². The number of halogens is 1. The van der Waals surface area contributed by atoms with Crippen LogP contribution in [0.5, 0.6) is 5.75 Å². The number of carbonyl (C=O) groups excluding carboxylic acids is 1. The summed E-state index contributed by atoms with van der Waals surface area (Å²) in [5.41, 5.74) is -0.696. The van der Waals surface area contributed by atoms with Crippen molar-refractivity contribution in [2.24, 2.45) is 5.92 Å². The Morgan fingerprint density at radius 2 is 1.71 bits per heavy atom. The summed E-state index contributed by atoms with van der Waals surface area (Å²) in [7, 11) is 0. The Morgan fingerprint density at radius 1 is 1.00 bits per heavy atom. The number of nitrogens with one attached hydrogen (secondary N) is 1. The predicted octanol–water partition coefficient (Wildman–Crippen LogP) is 3.93. The summed E-state index contributed by atoms with van der Waals surface area (Å²) >= 11 is 0. The van der Waals surface area contributed by atoms with Crippen molar-refractivity contribution < 1.29 is 28.1 Å². The number of fused-ring (bicyclic) bond motifs is 1. The maximum absolute atomic E-state index is 14.9. The van der Waals surface area contributed by atoms with Crippen LogP contribution in [0.25, 0.3) is 10.9 Å². The van der Waals surface area contributed by atoms with Crippen LogP contribution in [0.4, 0.5) is 9.18 Å². The number of benzene rings is 1. The van der Waals surface area contributed by atoms with Crippen LogP contribution < -0.4 is 10.3 Å². The van der Waals surface area contributed by atoms with Crippen LogP contribution in [-0.4, -0.2) is 114 Å². The molecular formula is C33H48FN5O6. The topological polar surface area (TPSA) is 109 Å². The van der Waals surface area contributed by atoms with E-state index in [1.54, 1.807) is 6.07 Å². The molecule has 2 aromatic rings. The fourth-order valence-corrected chi connectivity index (χ4v) is 6.89. The Labute approximate surface area is 264 Å². The Kier molecular flexibility index (Phi) is 9.93. The highest BCUT2D eigenvalue weighted by Gasteiger charge is 2.39. The summed E-state index contributed by atoms with van der Waals surface area (Å²) in [6.45, 7) is 13.5. The Hall–Kier alpha value is -2.80. The minimum atomic E-state index is -0.631. The Morgan fingerprint density at radius 3 is 2.40 bits per heavy atom. The van der Waals surface area contributed by atoms with Gasteiger partial charge in [0, 0.05) is 63.6 Å². The molecule has 1 amide bonds. The third kappa shape index (κ3) is 8.14. The second-order valence-corrected chi connectivity index (χ2v) is 14.0. The van der Waals surface area contributed by atoms with E-state index < -0.39 is 17.0 Å². The first-order valence-electron chi connectivity index (χ1n) is 16.6. The van der Waals surface area contributed by atoms with Crippen molar-refractivity contribution in [1.29, 1.82) is 0 Å². The van der Waals surface area contributed by atoms with Gasteiger partial charge in [-0.15, -0.1) is 0 Å². The predicted molar refractivity (Wildman–Crippen MR) is 167 cm³/mol. The van der Waals surface area contributed by atoms with Gasteiger partial charge in [-0.05, 0) is 78.3 Å². The smallest absolute Gasteiger partial charge is 0.410 e. The molecule has 0 saturated carbocycles. The fraction of sp³-hybridized carbons (Fsp3) is 0.727. The average Bonchev–Trinajstić information content (AvgIpc) is 2.98. The van der Waals surface area contributed by atoms with Crippen LogP contribution in [0.1, 0.15) is 65.1 Å². The first-order valence-corrected chi connectivity index (χ1v) is 16.6. The largest absolute Gasteiger partial charge is 0.493 e. The molecule has 0 aliphatic carbocycles. The number of aromatic amines is 1. The molecule has 0 bridgehead atoms. The maximum atomic E-state index is 14.9. The molecule has 1 aromatic carbocycles. The second kappa shape index (κ2) is 13.9. The molecule has 5 heterocycles. The van der Waals surface area contributed by atoms with Gasteiger partial charge in [-0.25, -0.2) is 14.2 Å². The highest BCUT2D eigenvalue weighted by molar-refractivity contribution is 5.79. The fourth-order valence-electron chi connectivity index (χ4n) is 6.89. The summed E-state index contributed by atoms with van der Waals surface area (Å²) < 4.78 is 37.8. The molecule has 45 heavy (non-hydrogen) atoms. The van der Waals surface area contributed by atoms with Crippen molar-refractivity contribution >= 4 is 17.0 Å². The monoisotopic (exact) mass is 629 g/mol. The van der Waals surface area contributed by atoms with E-state index in [-0.39, 0.29) is 29.7 Å². The third-order valence-electron chi connectivity index (χ3n) is 9.58. The highest BCUT2D eigenvalue weighted by Crippen LogP contribution is 2.29. The van der Waals surface area contributed by atoms with Crippen LogP contribution in [0, 0.1) is 11.7 Å². The van der Waals surface area contributed by atoms with Gasteiger partial charge in [-0.1, -0.05) is 0 Å². The summed E-state index contributed by atoms with van der Waals surface area (Å²) in [4.78, 5) is 39.1. The summed E-state index contributed by atoms with van der Waals surface area (Å²) in [6.07, 6.45) is 5.54. The van der Waals surface area contributed by atoms with Gasteiger partial charge in [0.05, 0.1) is 18.2 Å². The van der Waals surface area contributed by atoms with E-state index in [4.69, 9.17) is 18.9 Å². The van der Waals surface area contributed by atoms with E-state index in [0.29, 0.717) is 49.4 Å². The molecule has 4 aliphatic rings. The standard InChI is InChI=1S/C33H48FN5O6/c1-33(2,3)45-32(41)38-12-6-23(7-13-38)39-18-24(19-39)37-10-4-22(5-11-37)20-43-26-16-27(34)30-28(17-26)35-29(36-31(30)40)21-44-25-8-14-42-15-9-25/h16-17,22-25H,4-15,18-21H2,1-3H3,(H,35,36,40). The first kappa shape index (κ1) is 32.2. The molecule has 0 spiro atoms. The van der Waals surface area contributed by atoms with E-state index in [0.717, 1.165) is 77.8 Å². The highest BCUT2D eigenvalue weighted by atomic mass is 19.1. The van der Waals surface area contributed by atoms with Gasteiger partial charge >= 0.3 is 6.09 Å². The number of hydrogen-bond acceptors (Lipinski definition) is 9. The molecule has 4 saturated heterocycles. The van der Waals surface area contributed by atoms with Crippen LogP contribution in [-0.2, 0) is 20.8 Å². The molecule has 6 rings (SSSR count). The Balaban J connectivity index is 0.930. The van der Waals surface area contributed by atoms with Crippen molar-refractivity contribution in [3.8, 4) is 5.75 Å². The number of rotatable bonds is 8. The second-order valence-electron chi connectivity index (χ2n) is 14.0. The molecule has 0 unspecified atom stereocenters. The summed E-state index contributed by atoms with van der Waals surface area (Å²) in [6, 6.07) is 4.06. The molecule has 1 N–H and O–H groups in total. The molecule has 12 heteroatoms. The summed E-state index contributed by atoms with van der Waals surface area (Å²) in [5.74, 6) is 0.532. The third-order valence-corrected chi connectivity index (χ3v) is 9.58. The van der Waals surface area contributed by atoms with Crippen molar-refractivity contribution in [3.05, 3.63) is 34.1 Å². The zero-order valence-electron chi connectivity index (χ0n) is 26.9.